The molecule has 0 bridgehead atoms. The number of hydrogen-bond donors (Lipinski definition) is 1. The minimum Gasteiger partial charge on any atom is -0.493 e. The fourth-order valence-electron chi connectivity index (χ4n) is 2.27. The highest BCUT2D eigenvalue weighted by Crippen LogP contribution is 2.33. The summed E-state index contributed by atoms with van der Waals surface area (Å²) in [5.74, 6) is -0.417. The monoisotopic (exact) mass is 336 g/mol. The van der Waals surface area contributed by atoms with Gasteiger partial charge in [-0.3, -0.25) is 4.79 Å². The number of hydrogen-bond acceptors (Lipinski definition) is 4. The molecule has 1 heterocycles. The number of ether oxygens (including phenoxy) is 2. The van der Waals surface area contributed by atoms with Crippen LogP contribution < -0.4 is 14.8 Å². The normalized spacial score (nSPS) is 15.0. The van der Waals surface area contributed by atoms with Gasteiger partial charge in [0.05, 0.1) is 12.7 Å². The molecule has 124 valence electrons. The molecule has 1 amide bonds. The van der Waals surface area contributed by atoms with Crippen molar-refractivity contribution in [2.24, 2.45) is 0 Å². The predicted molar refractivity (Wildman–Crippen MR) is 80.3 cm³/mol. The van der Waals surface area contributed by atoms with E-state index in [1.807, 2.05) is 0 Å². The Balaban J connectivity index is 0.00000242. The molecule has 1 fully saturated rings. The molecular weight excluding hydrogens is 318 g/mol. The molecule has 0 aliphatic carbocycles. The van der Waals surface area contributed by atoms with Gasteiger partial charge in [-0.05, 0) is 25.1 Å². The van der Waals surface area contributed by atoms with E-state index in [0.717, 1.165) is 13.0 Å². The van der Waals surface area contributed by atoms with E-state index in [0.29, 0.717) is 19.6 Å². The van der Waals surface area contributed by atoms with E-state index in [4.69, 9.17) is 4.74 Å². The zero-order valence-corrected chi connectivity index (χ0v) is 13.0. The van der Waals surface area contributed by atoms with Crippen molar-refractivity contribution in [3.8, 4) is 11.5 Å². The zero-order chi connectivity index (χ0) is 15.2. The molecule has 0 saturated carbocycles. The van der Waals surface area contributed by atoms with E-state index in [-0.39, 0.29) is 35.4 Å². The van der Waals surface area contributed by atoms with Crippen molar-refractivity contribution >= 4 is 18.3 Å². The lowest BCUT2D eigenvalue weighted by Gasteiger charge is -2.22. The third kappa shape index (κ3) is 4.45. The zero-order valence-electron chi connectivity index (χ0n) is 12.2. The number of alkyl halides is 2. The average Bonchev–Trinajstić information content (AvgIpc) is 2.75. The third-order valence-corrected chi connectivity index (χ3v) is 3.26. The van der Waals surface area contributed by atoms with Crippen molar-refractivity contribution in [1.82, 2.24) is 10.2 Å². The number of amides is 1. The van der Waals surface area contributed by atoms with Gasteiger partial charge in [-0.15, -0.1) is 12.4 Å². The summed E-state index contributed by atoms with van der Waals surface area (Å²) < 4.78 is 34.6. The van der Waals surface area contributed by atoms with Gasteiger partial charge in [0, 0.05) is 19.6 Å². The number of halogens is 3. The van der Waals surface area contributed by atoms with Crippen LogP contribution in [0.4, 0.5) is 8.78 Å². The summed E-state index contributed by atoms with van der Waals surface area (Å²) in [7, 11) is 1.35. The lowest BCUT2D eigenvalue weighted by atomic mass is 10.1. The van der Waals surface area contributed by atoms with Crippen LogP contribution in [-0.4, -0.2) is 50.7 Å². The van der Waals surface area contributed by atoms with Gasteiger partial charge < -0.3 is 19.7 Å². The first-order valence-electron chi connectivity index (χ1n) is 6.75. The van der Waals surface area contributed by atoms with Gasteiger partial charge in [0.15, 0.2) is 11.5 Å². The number of para-hydroxylation sites is 1. The minimum atomic E-state index is -3.02. The van der Waals surface area contributed by atoms with E-state index in [1.165, 1.54) is 19.2 Å². The molecule has 1 N–H and O–H groups in total. The molecule has 1 aromatic carbocycles. The van der Waals surface area contributed by atoms with E-state index < -0.39 is 6.61 Å². The third-order valence-electron chi connectivity index (χ3n) is 3.26. The highest BCUT2D eigenvalue weighted by atomic mass is 35.5. The number of nitrogens with one attached hydrogen (secondary N) is 1. The summed E-state index contributed by atoms with van der Waals surface area (Å²) in [6.45, 7) is -0.386. The van der Waals surface area contributed by atoms with Crippen LogP contribution in [0.25, 0.3) is 0 Å². The number of methoxy groups -OCH3 is 1. The Labute approximate surface area is 134 Å². The second-order valence-electron chi connectivity index (χ2n) is 4.61. The molecule has 0 unspecified atom stereocenters. The number of carbonyl (C=O) groups excluding carboxylic acids is 1. The number of carbonyl (C=O) groups is 1. The van der Waals surface area contributed by atoms with Gasteiger partial charge in [0.1, 0.15) is 0 Å². The van der Waals surface area contributed by atoms with Crippen molar-refractivity contribution in [3.63, 3.8) is 0 Å². The summed E-state index contributed by atoms with van der Waals surface area (Å²) in [4.78, 5) is 14.2. The first kappa shape index (κ1) is 18.4. The summed E-state index contributed by atoms with van der Waals surface area (Å²) in [6, 6.07) is 4.54. The van der Waals surface area contributed by atoms with Crippen molar-refractivity contribution in [3.05, 3.63) is 23.8 Å². The first-order valence-corrected chi connectivity index (χ1v) is 6.75. The molecule has 22 heavy (non-hydrogen) atoms. The van der Waals surface area contributed by atoms with Crippen LogP contribution in [0.3, 0.4) is 0 Å². The number of benzene rings is 1. The molecule has 0 aromatic heterocycles. The maximum absolute atomic E-state index is 12.6. The second-order valence-corrected chi connectivity index (χ2v) is 4.61. The lowest BCUT2D eigenvalue weighted by Crippen LogP contribution is -2.34. The SMILES string of the molecule is COc1cccc(C(=O)N2CCCNCC2)c1OC(F)F.Cl. The van der Waals surface area contributed by atoms with Gasteiger partial charge >= 0.3 is 6.61 Å². The summed E-state index contributed by atoms with van der Waals surface area (Å²) in [6.07, 6.45) is 0.820. The van der Waals surface area contributed by atoms with Crippen LogP contribution >= 0.6 is 12.4 Å². The number of nitrogens with zero attached hydrogens (tertiary/aromatic N) is 1. The van der Waals surface area contributed by atoms with Gasteiger partial charge in [-0.1, -0.05) is 6.07 Å². The van der Waals surface area contributed by atoms with E-state index >= 15 is 0 Å². The Hall–Kier alpha value is -1.60. The average molecular weight is 337 g/mol. The maximum Gasteiger partial charge on any atom is 0.387 e. The van der Waals surface area contributed by atoms with Gasteiger partial charge in [0.2, 0.25) is 0 Å². The Morgan fingerprint density at radius 2 is 2.09 bits per heavy atom. The fraction of sp³-hybridized carbons (Fsp3) is 0.500. The molecule has 5 nitrogen and oxygen atoms in total. The Morgan fingerprint density at radius 1 is 1.32 bits per heavy atom. The van der Waals surface area contributed by atoms with Crippen molar-refractivity contribution in [2.75, 3.05) is 33.3 Å². The predicted octanol–water partition coefficient (Wildman–Crippen LogP) is 2.15. The smallest absolute Gasteiger partial charge is 0.387 e. The van der Waals surface area contributed by atoms with Crippen LogP contribution in [0, 0.1) is 0 Å². The highest BCUT2D eigenvalue weighted by molar-refractivity contribution is 5.97. The van der Waals surface area contributed by atoms with Crippen molar-refractivity contribution in [2.45, 2.75) is 13.0 Å². The largest absolute Gasteiger partial charge is 0.493 e. The molecule has 0 spiro atoms. The summed E-state index contributed by atoms with van der Waals surface area (Å²) >= 11 is 0. The Bertz CT molecular complexity index is 495. The van der Waals surface area contributed by atoms with Crippen LogP contribution in [0.1, 0.15) is 16.8 Å². The van der Waals surface area contributed by atoms with Gasteiger partial charge in [-0.2, -0.15) is 8.78 Å². The van der Waals surface area contributed by atoms with E-state index in [2.05, 4.69) is 10.1 Å². The molecule has 1 aliphatic rings. The first-order chi connectivity index (χ1) is 10.1. The van der Waals surface area contributed by atoms with E-state index in [9.17, 15) is 13.6 Å². The van der Waals surface area contributed by atoms with E-state index in [1.54, 1.807) is 11.0 Å². The second kappa shape index (κ2) is 8.75. The van der Waals surface area contributed by atoms with Crippen LogP contribution in [0.2, 0.25) is 0 Å². The quantitative estimate of drug-likeness (QED) is 0.915. The summed E-state index contributed by atoms with van der Waals surface area (Å²) in [5, 5.41) is 3.18. The standard InChI is InChI=1S/C14H18F2N2O3.ClH/c1-20-11-5-2-4-10(12(11)21-14(15)16)13(19)18-8-3-6-17-7-9-18;/h2,4-5,14,17H,3,6-9H2,1H3;1H. The molecule has 0 atom stereocenters. The highest BCUT2D eigenvalue weighted by Gasteiger charge is 2.24. The molecule has 1 aromatic rings. The molecule has 8 heteroatoms. The molecular formula is C14H19ClF2N2O3. The van der Waals surface area contributed by atoms with Crippen LogP contribution in [0.15, 0.2) is 18.2 Å². The molecule has 1 aliphatic heterocycles. The lowest BCUT2D eigenvalue weighted by molar-refractivity contribution is -0.0516. The van der Waals surface area contributed by atoms with Gasteiger partial charge in [0.25, 0.3) is 5.91 Å². The Morgan fingerprint density at radius 3 is 2.77 bits per heavy atom. The molecule has 1 saturated heterocycles. The fourth-order valence-corrected chi connectivity index (χ4v) is 2.27. The summed E-state index contributed by atoms with van der Waals surface area (Å²) in [5.41, 5.74) is 0.0940. The number of rotatable bonds is 4. The maximum atomic E-state index is 12.6. The minimum absolute atomic E-state index is 0. The Kier molecular flexibility index (Phi) is 7.34. The van der Waals surface area contributed by atoms with Crippen molar-refractivity contribution in [1.29, 1.82) is 0 Å². The van der Waals surface area contributed by atoms with Gasteiger partial charge in [-0.25, -0.2) is 0 Å². The van der Waals surface area contributed by atoms with Crippen LogP contribution in [-0.2, 0) is 0 Å². The van der Waals surface area contributed by atoms with Crippen molar-refractivity contribution < 1.29 is 23.0 Å². The molecule has 0 radical (unpaired) electrons. The molecule has 2 rings (SSSR count). The van der Waals surface area contributed by atoms with Crippen LogP contribution in [0.5, 0.6) is 11.5 Å². The topological polar surface area (TPSA) is 50.8 Å².